The van der Waals surface area contributed by atoms with Gasteiger partial charge in [0.15, 0.2) is 0 Å². The van der Waals surface area contributed by atoms with E-state index in [1.165, 1.54) is 9.87 Å². The molecule has 1 spiro atoms. The third kappa shape index (κ3) is 3.72. The number of likely N-dealkylation sites (tertiary alicyclic amines) is 1. The monoisotopic (exact) mass is 387 g/mol. The number of hydrogen-bond donors (Lipinski definition) is 0. The van der Waals surface area contributed by atoms with Gasteiger partial charge in [0.1, 0.15) is 10.6 Å². The number of piperidine rings is 1. The van der Waals surface area contributed by atoms with Gasteiger partial charge < -0.3 is 4.74 Å². The molecule has 2 aliphatic heterocycles. The van der Waals surface area contributed by atoms with Crippen molar-refractivity contribution in [2.24, 2.45) is 5.41 Å². The average molecular weight is 388 g/mol. The summed E-state index contributed by atoms with van der Waals surface area (Å²) in [6.07, 6.45) is 5.51. The molecule has 0 bridgehead atoms. The molecule has 0 N–H and O–H groups in total. The number of ether oxygens (including phenoxy) is 1. The van der Waals surface area contributed by atoms with Crippen LogP contribution in [-0.4, -0.2) is 55.9 Å². The lowest BCUT2D eigenvalue weighted by Gasteiger charge is -2.44. The van der Waals surface area contributed by atoms with Gasteiger partial charge in [0.05, 0.1) is 6.61 Å². The molecule has 27 heavy (non-hydrogen) atoms. The van der Waals surface area contributed by atoms with E-state index in [2.05, 4.69) is 16.0 Å². The van der Waals surface area contributed by atoms with Crippen LogP contribution >= 0.6 is 0 Å². The van der Waals surface area contributed by atoms with Gasteiger partial charge >= 0.3 is 0 Å². The zero-order valence-electron chi connectivity index (χ0n) is 15.5. The minimum Gasteiger partial charge on any atom is -0.492 e. The Morgan fingerprint density at radius 2 is 1.93 bits per heavy atom. The first-order valence-electron chi connectivity index (χ1n) is 9.28. The van der Waals surface area contributed by atoms with Crippen molar-refractivity contribution in [1.29, 1.82) is 0 Å². The Balaban J connectivity index is 1.50. The maximum Gasteiger partial charge on any atom is 0.246 e. The first kappa shape index (κ1) is 18.4. The average Bonchev–Trinajstić information content (AvgIpc) is 2.68. The largest absolute Gasteiger partial charge is 0.492 e. The molecule has 3 heterocycles. The number of pyridine rings is 1. The summed E-state index contributed by atoms with van der Waals surface area (Å²) < 4.78 is 33.4. The van der Waals surface area contributed by atoms with Crippen molar-refractivity contribution >= 4 is 10.0 Å². The Morgan fingerprint density at radius 3 is 2.67 bits per heavy atom. The molecule has 0 saturated carbocycles. The van der Waals surface area contributed by atoms with E-state index in [4.69, 9.17) is 4.74 Å². The van der Waals surface area contributed by atoms with Crippen LogP contribution in [0.1, 0.15) is 18.4 Å². The Labute approximate surface area is 160 Å². The molecule has 2 aliphatic rings. The summed E-state index contributed by atoms with van der Waals surface area (Å²) in [5.41, 5.74) is 1.05. The van der Waals surface area contributed by atoms with Crippen molar-refractivity contribution < 1.29 is 13.2 Å². The van der Waals surface area contributed by atoms with Crippen LogP contribution in [0.25, 0.3) is 0 Å². The second kappa shape index (κ2) is 7.22. The molecule has 1 saturated heterocycles. The van der Waals surface area contributed by atoms with Crippen molar-refractivity contribution in [2.45, 2.75) is 24.3 Å². The topological polar surface area (TPSA) is 62.7 Å². The normalized spacial score (nSPS) is 22.4. The van der Waals surface area contributed by atoms with Crippen molar-refractivity contribution in [3.63, 3.8) is 0 Å². The highest BCUT2D eigenvalue weighted by atomic mass is 32.2. The third-order valence-corrected chi connectivity index (χ3v) is 7.52. The molecule has 7 heteroatoms. The van der Waals surface area contributed by atoms with E-state index >= 15 is 0 Å². The first-order chi connectivity index (χ1) is 13.0. The highest BCUT2D eigenvalue weighted by Gasteiger charge is 2.41. The van der Waals surface area contributed by atoms with E-state index in [0.29, 0.717) is 18.9 Å². The number of fused-ring (bicyclic) bond motifs is 1. The summed E-state index contributed by atoms with van der Waals surface area (Å²) in [5, 5.41) is 0. The summed E-state index contributed by atoms with van der Waals surface area (Å²) in [5.74, 6) is 0.459. The molecule has 4 rings (SSSR count). The van der Waals surface area contributed by atoms with Gasteiger partial charge in [-0.25, -0.2) is 12.7 Å². The molecular weight excluding hydrogens is 362 g/mol. The van der Waals surface area contributed by atoms with E-state index in [9.17, 15) is 8.42 Å². The molecule has 0 unspecified atom stereocenters. The zero-order chi connectivity index (χ0) is 18.9. The van der Waals surface area contributed by atoms with Crippen molar-refractivity contribution in [1.82, 2.24) is 14.2 Å². The van der Waals surface area contributed by atoms with Gasteiger partial charge in [-0.3, -0.25) is 9.88 Å². The molecule has 0 aliphatic carbocycles. The van der Waals surface area contributed by atoms with E-state index in [0.717, 1.165) is 32.5 Å². The Bertz CT molecular complexity index is 894. The van der Waals surface area contributed by atoms with Crippen molar-refractivity contribution in [3.05, 3.63) is 54.4 Å². The minimum atomic E-state index is -3.53. The van der Waals surface area contributed by atoms with Gasteiger partial charge in [-0.1, -0.05) is 18.2 Å². The predicted molar refractivity (Wildman–Crippen MR) is 103 cm³/mol. The molecule has 0 atom stereocenters. The molecule has 0 radical (unpaired) electrons. The third-order valence-electron chi connectivity index (χ3n) is 5.68. The molecule has 144 valence electrons. The summed E-state index contributed by atoms with van der Waals surface area (Å²) >= 11 is 0. The van der Waals surface area contributed by atoms with Crippen LogP contribution in [0.5, 0.6) is 5.75 Å². The highest BCUT2D eigenvalue weighted by Crippen LogP contribution is 2.38. The van der Waals surface area contributed by atoms with Gasteiger partial charge in [0.2, 0.25) is 10.0 Å². The zero-order valence-corrected chi connectivity index (χ0v) is 16.4. The standard InChI is InChI=1S/C20H25N3O3S/c1-22-15-20(16-26-18-6-2-3-7-19(18)27(22,24)25)8-11-23(12-9-20)14-17-5-4-10-21-13-17/h2-7,10,13H,8-9,11-12,14-16H2,1H3. The first-order valence-corrected chi connectivity index (χ1v) is 10.7. The van der Waals surface area contributed by atoms with E-state index < -0.39 is 10.0 Å². The lowest BCUT2D eigenvalue weighted by atomic mass is 9.79. The lowest BCUT2D eigenvalue weighted by molar-refractivity contribution is 0.0360. The number of hydrogen-bond acceptors (Lipinski definition) is 5. The van der Waals surface area contributed by atoms with Crippen LogP contribution in [0.15, 0.2) is 53.7 Å². The van der Waals surface area contributed by atoms with E-state index in [-0.39, 0.29) is 10.3 Å². The van der Waals surface area contributed by atoms with Gasteiger partial charge in [0, 0.05) is 37.9 Å². The van der Waals surface area contributed by atoms with Gasteiger partial charge in [-0.2, -0.15) is 0 Å². The molecule has 1 aromatic heterocycles. The lowest BCUT2D eigenvalue weighted by Crippen LogP contribution is -2.50. The predicted octanol–water partition coefficient (Wildman–Crippen LogP) is 2.38. The number of benzene rings is 1. The molecular formula is C20H25N3O3S. The molecule has 2 aromatic rings. The number of nitrogens with zero attached hydrogens (tertiary/aromatic N) is 3. The van der Waals surface area contributed by atoms with Crippen LogP contribution < -0.4 is 4.74 Å². The van der Waals surface area contributed by atoms with Crippen LogP contribution in [0.3, 0.4) is 0 Å². The summed E-state index contributed by atoms with van der Waals surface area (Å²) in [4.78, 5) is 6.85. The molecule has 0 amide bonds. The number of para-hydroxylation sites is 1. The SMILES string of the molecule is CN1CC2(CCN(Cc3cccnc3)CC2)COc2ccccc2S1(=O)=O. The van der Waals surface area contributed by atoms with Gasteiger partial charge in [-0.05, 0) is 49.7 Å². The second-order valence-corrected chi connectivity index (χ2v) is 9.65. The summed E-state index contributed by atoms with van der Waals surface area (Å²) in [6, 6.07) is 11.0. The van der Waals surface area contributed by atoms with E-state index in [1.807, 2.05) is 18.3 Å². The number of rotatable bonds is 2. The number of aromatic nitrogens is 1. The van der Waals surface area contributed by atoms with Crippen molar-refractivity contribution in [3.8, 4) is 5.75 Å². The molecule has 1 aromatic carbocycles. The molecule has 6 nitrogen and oxygen atoms in total. The highest BCUT2D eigenvalue weighted by molar-refractivity contribution is 7.89. The minimum absolute atomic E-state index is 0.152. The quantitative estimate of drug-likeness (QED) is 0.792. The fraction of sp³-hybridized carbons (Fsp3) is 0.450. The van der Waals surface area contributed by atoms with E-state index in [1.54, 1.807) is 31.4 Å². The second-order valence-electron chi connectivity index (χ2n) is 7.63. The smallest absolute Gasteiger partial charge is 0.246 e. The Morgan fingerprint density at radius 1 is 1.15 bits per heavy atom. The maximum absolute atomic E-state index is 12.9. The summed E-state index contributed by atoms with van der Waals surface area (Å²) in [7, 11) is -1.85. The number of sulfonamides is 1. The van der Waals surface area contributed by atoms with Gasteiger partial charge in [0.25, 0.3) is 0 Å². The van der Waals surface area contributed by atoms with Crippen LogP contribution in [-0.2, 0) is 16.6 Å². The Kier molecular flexibility index (Phi) is 4.92. The van der Waals surface area contributed by atoms with Crippen LogP contribution in [0.4, 0.5) is 0 Å². The van der Waals surface area contributed by atoms with Crippen LogP contribution in [0, 0.1) is 5.41 Å². The summed E-state index contributed by atoms with van der Waals surface area (Å²) in [6.45, 7) is 3.76. The maximum atomic E-state index is 12.9. The van der Waals surface area contributed by atoms with Gasteiger partial charge in [-0.15, -0.1) is 0 Å². The van der Waals surface area contributed by atoms with Crippen LogP contribution in [0.2, 0.25) is 0 Å². The fourth-order valence-electron chi connectivity index (χ4n) is 4.02. The van der Waals surface area contributed by atoms with Crippen molar-refractivity contribution in [2.75, 3.05) is 33.3 Å². The fourth-order valence-corrected chi connectivity index (χ4v) is 5.43. The Hall–Kier alpha value is -1.96. The molecule has 1 fully saturated rings.